The van der Waals surface area contributed by atoms with Crippen LogP contribution in [0, 0.1) is 0 Å². The lowest BCUT2D eigenvalue weighted by molar-refractivity contribution is -0.123. The predicted molar refractivity (Wildman–Crippen MR) is 95.7 cm³/mol. The molecule has 9 heteroatoms. The fourth-order valence-corrected chi connectivity index (χ4v) is 2.96. The largest absolute Gasteiger partial charge is 0.326 e. The van der Waals surface area contributed by atoms with Crippen LogP contribution in [0.25, 0.3) is 0 Å². The van der Waals surface area contributed by atoms with Gasteiger partial charge >= 0.3 is 6.03 Å². The number of hydrogen-bond donors (Lipinski definition) is 4. The maximum absolute atomic E-state index is 11.9. The molecule has 0 aliphatic heterocycles. The molecule has 2 rings (SSSR count). The summed E-state index contributed by atoms with van der Waals surface area (Å²) in [5, 5.41) is 5.08. The van der Waals surface area contributed by atoms with Gasteiger partial charge in [0.05, 0.1) is 8.66 Å². The number of para-hydroxylation sites is 1. The first-order valence-corrected chi connectivity index (χ1v) is 8.55. The Labute approximate surface area is 150 Å². The van der Waals surface area contributed by atoms with Gasteiger partial charge in [0, 0.05) is 5.69 Å². The predicted octanol–water partition coefficient (Wildman–Crippen LogP) is 2.48. The number of hydrazine groups is 1. The quantitative estimate of drug-likeness (QED) is 0.582. The Balaban J connectivity index is 1.77. The number of carbonyl (C=O) groups is 3. The van der Waals surface area contributed by atoms with Crippen LogP contribution in [-0.4, -0.2) is 23.9 Å². The first kappa shape index (κ1) is 18.0. The minimum atomic E-state index is -0.830. The van der Waals surface area contributed by atoms with Crippen LogP contribution in [0.4, 0.5) is 10.5 Å². The summed E-state index contributed by atoms with van der Waals surface area (Å²) in [5.41, 5.74) is 5.18. The maximum Gasteiger partial charge on any atom is 0.319 e. The number of nitrogens with one attached hydrogen (secondary N) is 4. The van der Waals surface area contributed by atoms with Crippen molar-refractivity contribution in [3.63, 3.8) is 0 Å². The van der Waals surface area contributed by atoms with Crippen molar-refractivity contribution >= 4 is 50.8 Å². The molecular weight excluding hydrogens is 396 g/mol. The average molecular weight is 411 g/mol. The zero-order valence-corrected chi connectivity index (χ0v) is 15.0. The summed E-state index contributed by atoms with van der Waals surface area (Å²) in [5.74, 6) is -0.970. The minimum Gasteiger partial charge on any atom is -0.326 e. The van der Waals surface area contributed by atoms with Crippen LogP contribution in [-0.2, 0) is 4.79 Å². The second-order valence-electron chi connectivity index (χ2n) is 4.73. The van der Waals surface area contributed by atoms with Gasteiger partial charge in [0.2, 0.25) is 0 Å². The molecule has 1 heterocycles. The van der Waals surface area contributed by atoms with Crippen LogP contribution in [0.2, 0.25) is 0 Å². The first-order valence-electron chi connectivity index (χ1n) is 6.94. The lowest BCUT2D eigenvalue weighted by Gasteiger charge is -2.15. The lowest BCUT2D eigenvalue weighted by atomic mass is 10.3. The molecule has 126 valence electrons. The van der Waals surface area contributed by atoms with Crippen LogP contribution in [0.5, 0.6) is 0 Å². The molecule has 0 bridgehead atoms. The van der Waals surface area contributed by atoms with Crippen molar-refractivity contribution in [1.82, 2.24) is 16.2 Å². The third-order valence-corrected chi connectivity index (χ3v) is 4.49. The smallest absolute Gasteiger partial charge is 0.319 e. The second kappa shape index (κ2) is 8.46. The van der Waals surface area contributed by atoms with E-state index >= 15 is 0 Å². The van der Waals surface area contributed by atoms with Gasteiger partial charge in [0.15, 0.2) is 0 Å². The van der Waals surface area contributed by atoms with Crippen molar-refractivity contribution in [2.45, 2.75) is 13.0 Å². The number of thiophene rings is 1. The number of rotatable bonds is 4. The zero-order valence-electron chi connectivity index (χ0n) is 12.6. The molecule has 0 spiro atoms. The number of halogens is 1. The average Bonchev–Trinajstić information content (AvgIpc) is 2.99. The van der Waals surface area contributed by atoms with E-state index in [0.717, 1.165) is 3.79 Å². The van der Waals surface area contributed by atoms with E-state index in [9.17, 15) is 14.4 Å². The highest BCUT2D eigenvalue weighted by Gasteiger charge is 2.17. The molecule has 1 atom stereocenters. The molecule has 1 unspecified atom stereocenters. The van der Waals surface area contributed by atoms with E-state index < -0.39 is 23.9 Å². The SMILES string of the molecule is CC(NC(=O)Nc1ccccc1)C(=O)NNC(=O)c1ccc(Br)s1. The normalized spacial score (nSPS) is 11.2. The van der Waals surface area contributed by atoms with Gasteiger partial charge in [-0.2, -0.15) is 0 Å². The van der Waals surface area contributed by atoms with E-state index in [2.05, 4.69) is 37.4 Å². The van der Waals surface area contributed by atoms with Gasteiger partial charge in [0.1, 0.15) is 6.04 Å². The molecule has 0 aliphatic rings. The number of carbonyl (C=O) groups excluding carboxylic acids is 3. The van der Waals surface area contributed by atoms with Crippen LogP contribution in [0.3, 0.4) is 0 Å². The van der Waals surface area contributed by atoms with E-state index in [1.54, 1.807) is 36.4 Å². The molecule has 2 aromatic rings. The van der Waals surface area contributed by atoms with Crippen LogP contribution < -0.4 is 21.5 Å². The van der Waals surface area contributed by atoms with Gasteiger partial charge in [-0.1, -0.05) is 18.2 Å². The van der Waals surface area contributed by atoms with Crippen LogP contribution in [0.1, 0.15) is 16.6 Å². The lowest BCUT2D eigenvalue weighted by Crippen LogP contribution is -2.51. The number of urea groups is 1. The molecule has 4 amide bonds. The summed E-state index contributed by atoms with van der Waals surface area (Å²) < 4.78 is 0.812. The van der Waals surface area contributed by atoms with Crippen molar-refractivity contribution < 1.29 is 14.4 Å². The highest BCUT2D eigenvalue weighted by atomic mass is 79.9. The van der Waals surface area contributed by atoms with Gasteiger partial charge in [-0.05, 0) is 47.1 Å². The summed E-state index contributed by atoms with van der Waals surface area (Å²) in [6, 6.07) is 10.9. The third-order valence-electron chi connectivity index (χ3n) is 2.87. The summed E-state index contributed by atoms with van der Waals surface area (Å²) in [6.45, 7) is 1.51. The van der Waals surface area contributed by atoms with Crippen molar-refractivity contribution in [3.8, 4) is 0 Å². The molecule has 0 radical (unpaired) electrons. The molecule has 0 fully saturated rings. The fourth-order valence-electron chi connectivity index (χ4n) is 1.68. The van der Waals surface area contributed by atoms with Gasteiger partial charge < -0.3 is 10.6 Å². The van der Waals surface area contributed by atoms with E-state index in [-0.39, 0.29) is 0 Å². The van der Waals surface area contributed by atoms with Crippen LogP contribution >= 0.6 is 27.3 Å². The highest BCUT2D eigenvalue weighted by Crippen LogP contribution is 2.21. The standard InChI is InChI=1S/C15H15BrN4O3S/c1-9(17-15(23)18-10-5-3-2-4-6-10)13(21)19-20-14(22)11-7-8-12(16)24-11/h2-9H,1H3,(H,19,21)(H,20,22)(H2,17,18,23). The number of anilines is 1. The van der Waals surface area contributed by atoms with Gasteiger partial charge in [0.25, 0.3) is 11.8 Å². The van der Waals surface area contributed by atoms with E-state index in [4.69, 9.17) is 0 Å². The number of hydrogen-bond acceptors (Lipinski definition) is 4. The maximum atomic E-state index is 11.9. The van der Waals surface area contributed by atoms with Crippen molar-refractivity contribution in [2.24, 2.45) is 0 Å². The monoisotopic (exact) mass is 410 g/mol. The Kier molecular flexibility index (Phi) is 6.33. The Hall–Kier alpha value is -2.39. The van der Waals surface area contributed by atoms with Crippen molar-refractivity contribution in [1.29, 1.82) is 0 Å². The molecule has 0 saturated heterocycles. The van der Waals surface area contributed by atoms with Gasteiger partial charge in [-0.15, -0.1) is 11.3 Å². The molecule has 24 heavy (non-hydrogen) atoms. The third kappa shape index (κ3) is 5.36. The van der Waals surface area contributed by atoms with E-state index in [1.807, 2.05) is 6.07 Å². The molecular formula is C15H15BrN4O3S. The molecule has 0 aliphatic carbocycles. The molecule has 0 saturated carbocycles. The highest BCUT2D eigenvalue weighted by molar-refractivity contribution is 9.11. The number of amides is 4. The van der Waals surface area contributed by atoms with Crippen LogP contribution in [0.15, 0.2) is 46.3 Å². The minimum absolute atomic E-state index is 0.431. The van der Waals surface area contributed by atoms with E-state index in [0.29, 0.717) is 10.6 Å². The Morgan fingerprint density at radius 2 is 1.75 bits per heavy atom. The number of benzene rings is 1. The van der Waals surface area contributed by atoms with Crippen molar-refractivity contribution in [2.75, 3.05) is 5.32 Å². The zero-order chi connectivity index (χ0) is 17.5. The molecule has 7 nitrogen and oxygen atoms in total. The van der Waals surface area contributed by atoms with Crippen molar-refractivity contribution in [3.05, 3.63) is 51.1 Å². The Bertz CT molecular complexity index is 735. The van der Waals surface area contributed by atoms with Gasteiger partial charge in [-0.25, -0.2) is 4.79 Å². The Morgan fingerprint density at radius 1 is 1.04 bits per heavy atom. The Morgan fingerprint density at radius 3 is 2.38 bits per heavy atom. The fraction of sp³-hybridized carbons (Fsp3) is 0.133. The first-order chi connectivity index (χ1) is 11.5. The molecule has 1 aromatic heterocycles. The summed E-state index contributed by atoms with van der Waals surface area (Å²) in [6.07, 6.45) is 0. The summed E-state index contributed by atoms with van der Waals surface area (Å²) in [4.78, 5) is 36.0. The molecule has 1 aromatic carbocycles. The summed E-state index contributed by atoms with van der Waals surface area (Å²) >= 11 is 4.50. The van der Waals surface area contributed by atoms with Gasteiger partial charge in [-0.3, -0.25) is 20.4 Å². The topological polar surface area (TPSA) is 99.3 Å². The molecule has 4 N–H and O–H groups in total. The van der Waals surface area contributed by atoms with E-state index in [1.165, 1.54) is 18.3 Å². The second-order valence-corrected chi connectivity index (χ2v) is 7.20. The summed E-state index contributed by atoms with van der Waals surface area (Å²) in [7, 11) is 0.